The number of carbonyl (C=O) groups excluding carboxylic acids is 2. The van der Waals surface area contributed by atoms with E-state index in [9.17, 15) is 27.2 Å². The van der Waals surface area contributed by atoms with E-state index >= 15 is 0 Å². The number of halogens is 4. The lowest BCUT2D eigenvalue weighted by Gasteiger charge is -2.43. The summed E-state index contributed by atoms with van der Waals surface area (Å²) in [6.45, 7) is 3.75. The maximum Gasteiger partial charge on any atom is 0.416 e. The Labute approximate surface area is 241 Å². The lowest BCUT2D eigenvalue weighted by atomic mass is 9.78. The van der Waals surface area contributed by atoms with Gasteiger partial charge in [-0.25, -0.2) is 9.18 Å². The lowest BCUT2D eigenvalue weighted by molar-refractivity contribution is -0.138. The van der Waals surface area contributed by atoms with E-state index in [1.165, 1.54) is 18.2 Å². The predicted octanol–water partition coefficient (Wildman–Crippen LogP) is 6.76. The first-order chi connectivity index (χ1) is 19.9. The molecule has 3 aromatic rings. The van der Waals surface area contributed by atoms with E-state index in [4.69, 9.17) is 9.47 Å². The van der Waals surface area contributed by atoms with Crippen molar-refractivity contribution in [3.05, 3.63) is 107 Å². The lowest BCUT2D eigenvalue weighted by Crippen LogP contribution is -2.58. The third-order valence-corrected chi connectivity index (χ3v) is 8.05. The molecule has 0 aromatic heterocycles. The highest BCUT2D eigenvalue weighted by atomic mass is 19.4. The van der Waals surface area contributed by atoms with Crippen molar-refractivity contribution in [3.8, 4) is 0 Å². The fraction of sp³-hybridized carbons (Fsp3) is 0.375. The first-order valence-electron chi connectivity index (χ1n) is 13.8. The highest BCUT2D eigenvalue weighted by molar-refractivity contribution is 5.81. The van der Waals surface area contributed by atoms with E-state index in [-0.39, 0.29) is 25.5 Å². The number of nitrogens with zero attached hydrogens (tertiary/aromatic N) is 1. The summed E-state index contributed by atoms with van der Waals surface area (Å²) in [4.78, 5) is 27.9. The SMILES string of the molecule is C[C@@H](O[C@H]1CN2C(=O)CC(C)(NC(=O)OCc3ccccc3)CC2C1c1ccc(F)cc1)c1cccc(C(F)(F)F)c1. The van der Waals surface area contributed by atoms with Gasteiger partial charge in [0.1, 0.15) is 12.4 Å². The summed E-state index contributed by atoms with van der Waals surface area (Å²) in [7, 11) is 0. The Bertz CT molecular complexity index is 1420. The van der Waals surface area contributed by atoms with Crippen molar-refractivity contribution < 1.29 is 36.6 Å². The highest BCUT2D eigenvalue weighted by Crippen LogP contribution is 2.45. The summed E-state index contributed by atoms with van der Waals surface area (Å²) < 4.78 is 65.6. The van der Waals surface area contributed by atoms with E-state index in [2.05, 4.69) is 5.32 Å². The second-order valence-electron chi connectivity index (χ2n) is 11.3. The molecule has 5 rings (SSSR count). The molecular formula is C32H32F4N2O4. The normalized spacial score (nSPS) is 24.7. The Morgan fingerprint density at radius 3 is 2.48 bits per heavy atom. The molecule has 0 bridgehead atoms. The van der Waals surface area contributed by atoms with Crippen LogP contribution in [-0.2, 0) is 27.1 Å². The molecule has 3 unspecified atom stereocenters. The van der Waals surface area contributed by atoms with E-state index in [1.807, 2.05) is 30.3 Å². The van der Waals surface area contributed by atoms with Crippen molar-refractivity contribution in [1.29, 1.82) is 0 Å². The predicted molar refractivity (Wildman–Crippen MR) is 147 cm³/mol. The number of benzene rings is 3. The summed E-state index contributed by atoms with van der Waals surface area (Å²) in [6.07, 6.45) is -6.03. The topological polar surface area (TPSA) is 67.9 Å². The molecule has 5 atom stereocenters. The van der Waals surface area contributed by atoms with Gasteiger partial charge in [0.05, 0.1) is 23.3 Å². The molecule has 1 N–H and O–H groups in total. The average Bonchev–Trinajstić information content (AvgIpc) is 3.30. The Hall–Kier alpha value is -3.92. The maximum atomic E-state index is 13.8. The number of ether oxygens (including phenoxy) is 2. The molecule has 3 aromatic carbocycles. The van der Waals surface area contributed by atoms with Gasteiger partial charge in [0.2, 0.25) is 5.91 Å². The van der Waals surface area contributed by atoms with Gasteiger partial charge in [-0.2, -0.15) is 13.2 Å². The number of nitrogens with one attached hydrogen (secondary N) is 1. The highest BCUT2D eigenvalue weighted by Gasteiger charge is 2.53. The van der Waals surface area contributed by atoms with Gasteiger partial charge in [-0.3, -0.25) is 4.79 Å². The molecule has 0 aliphatic carbocycles. The van der Waals surface area contributed by atoms with Crippen LogP contribution in [0.25, 0.3) is 0 Å². The first-order valence-corrected chi connectivity index (χ1v) is 13.8. The third-order valence-electron chi connectivity index (χ3n) is 8.05. The molecule has 2 saturated heterocycles. The maximum absolute atomic E-state index is 13.8. The van der Waals surface area contributed by atoms with Gasteiger partial charge >= 0.3 is 12.3 Å². The average molecular weight is 585 g/mol. The summed E-state index contributed by atoms with van der Waals surface area (Å²) in [5.41, 5.74) is 0.211. The summed E-state index contributed by atoms with van der Waals surface area (Å²) in [6, 6.07) is 19.7. The van der Waals surface area contributed by atoms with E-state index in [0.717, 1.165) is 23.3 Å². The number of hydrogen-bond donors (Lipinski definition) is 1. The van der Waals surface area contributed by atoms with Crippen LogP contribution < -0.4 is 5.32 Å². The van der Waals surface area contributed by atoms with Crippen LogP contribution in [0.15, 0.2) is 78.9 Å². The van der Waals surface area contributed by atoms with E-state index in [0.29, 0.717) is 12.0 Å². The molecule has 0 spiro atoms. The second-order valence-corrected chi connectivity index (χ2v) is 11.3. The molecule has 2 fully saturated rings. The monoisotopic (exact) mass is 584 g/mol. The minimum absolute atomic E-state index is 0.0377. The fourth-order valence-electron chi connectivity index (χ4n) is 6.04. The Balaban J connectivity index is 1.36. The third kappa shape index (κ3) is 6.59. The molecule has 2 amide bonds. The number of piperidine rings is 1. The largest absolute Gasteiger partial charge is 0.445 e. The second kappa shape index (κ2) is 11.8. The number of alkyl carbamates (subject to hydrolysis) is 1. The standard InChI is InChI=1S/C32H32F4N2O4/c1-20(23-9-6-10-24(15-23)32(34,35)36)42-27-18-38-26(29(27)22-11-13-25(33)14-12-22)16-31(2,17-28(38)39)37-30(40)41-19-21-7-4-3-5-8-21/h3-15,20,26-27,29H,16-19H2,1-2H3,(H,37,40)/t20-,26?,27+,29?,31?/m1/s1. The Morgan fingerprint density at radius 2 is 1.79 bits per heavy atom. The number of amides is 2. The van der Waals surface area contributed by atoms with Gasteiger partial charge in [0, 0.05) is 24.9 Å². The van der Waals surface area contributed by atoms with E-state index < -0.39 is 53.4 Å². The van der Waals surface area contributed by atoms with Crippen molar-refractivity contribution in [1.82, 2.24) is 10.2 Å². The molecule has 10 heteroatoms. The molecule has 2 aliphatic heterocycles. The molecule has 2 heterocycles. The van der Waals surface area contributed by atoms with Crippen LogP contribution in [0.4, 0.5) is 22.4 Å². The quantitative estimate of drug-likeness (QED) is 0.312. The molecule has 6 nitrogen and oxygen atoms in total. The summed E-state index contributed by atoms with van der Waals surface area (Å²) in [5, 5.41) is 2.88. The Morgan fingerprint density at radius 1 is 1.07 bits per heavy atom. The zero-order valence-corrected chi connectivity index (χ0v) is 23.2. The van der Waals surface area contributed by atoms with Crippen LogP contribution in [0.3, 0.4) is 0 Å². The number of carbonyl (C=O) groups is 2. The van der Waals surface area contributed by atoms with Gasteiger partial charge in [0.15, 0.2) is 0 Å². The van der Waals surface area contributed by atoms with Crippen LogP contribution in [0.5, 0.6) is 0 Å². The first kappa shape index (κ1) is 29.6. The summed E-state index contributed by atoms with van der Waals surface area (Å²) in [5.74, 6) is -1.03. The minimum atomic E-state index is -4.49. The zero-order chi connectivity index (χ0) is 30.1. The zero-order valence-electron chi connectivity index (χ0n) is 23.2. The van der Waals surface area contributed by atoms with Gasteiger partial charge in [-0.15, -0.1) is 0 Å². The van der Waals surface area contributed by atoms with Gasteiger partial charge in [-0.1, -0.05) is 54.6 Å². The van der Waals surface area contributed by atoms with Crippen molar-refractivity contribution in [2.24, 2.45) is 0 Å². The molecule has 222 valence electrons. The van der Waals surface area contributed by atoms with E-state index in [1.54, 1.807) is 36.9 Å². The van der Waals surface area contributed by atoms with Crippen LogP contribution >= 0.6 is 0 Å². The molecule has 0 saturated carbocycles. The smallest absolute Gasteiger partial charge is 0.416 e. The number of alkyl halides is 3. The minimum Gasteiger partial charge on any atom is -0.445 e. The number of rotatable bonds is 7. The van der Waals surface area contributed by atoms with Gasteiger partial charge in [0.25, 0.3) is 0 Å². The molecule has 0 radical (unpaired) electrons. The van der Waals surface area contributed by atoms with Gasteiger partial charge in [-0.05, 0) is 61.2 Å². The van der Waals surface area contributed by atoms with Crippen LogP contribution in [0, 0.1) is 5.82 Å². The van der Waals surface area contributed by atoms with Crippen molar-refractivity contribution in [2.45, 2.75) is 69.2 Å². The van der Waals surface area contributed by atoms with Crippen molar-refractivity contribution in [3.63, 3.8) is 0 Å². The van der Waals surface area contributed by atoms with Crippen LogP contribution in [0.2, 0.25) is 0 Å². The fourth-order valence-corrected chi connectivity index (χ4v) is 6.04. The van der Waals surface area contributed by atoms with Gasteiger partial charge < -0.3 is 19.7 Å². The van der Waals surface area contributed by atoms with Crippen molar-refractivity contribution >= 4 is 12.0 Å². The molecule has 42 heavy (non-hydrogen) atoms. The van der Waals surface area contributed by atoms with Crippen LogP contribution in [0.1, 0.15) is 61.0 Å². The molecular weight excluding hydrogens is 552 g/mol. The molecule has 2 aliphatic rings. The Kier molecular flexibility index (Phi) is 8.28. The van der Waals surface area contributed by atoms with Crippen molar-refractivity contribution in [2.75, 3.05) is 6.54 Å². The number of hydrogen-bond acceptors (Lipinski definition) is 4. The van der Waals surface area contributed by atoms with Crippen LogP contribution in [-0.4, -0.2) is 41.1 Å². The number of fused-ring (bicyclic) bond motifs is 1. The summed E-state index contributed by atoms with van der Waals surface area (Å²) >= 11 is 0.